The molecule has 0 aromatic heterocycles. The summed E-state index contributed by atoms with van der Waals surface area (Å²) in [7, 11) is -3.27. The van der Waals surface area contributed by atoms with Crippen molar-refractivity contribution in [2.75, 3.05) is 23.6 Å². The topological polar surface area (TPSA) is 58.2 Å². The number of hydrogen-bond donors (Lipinski definition) is 2. The van der Waals surface area contributed by atoms with E-state index in [2.05, 4.69) is 17.0 Å². The fraction of sp³-hybridized carbons (Fsp3) is 0.500. The lowest BCUT2D eigenvalue weighted by atomic mass is 10.3. The predicted molar refractivity (Wildman–Crippen MR) is 76.6 cm³/mol. The second-order valence-electron chi connectivity index (χ2n) is 4.03. The van der Waals surface area contributed by atoms with Crippen molar-refractivity contribution in [1.29, 1.82) is 0 Å². The summed E-state index contributed by atoms with van der Waals surface area (Å²) in [5, 5.41) is 3.75. The summed E-state index contributed by atoms with van der Waals surface area (Å²) in [5.74, 6) is 0.117. The van der Waals surface area contributed by atoms with E-state index in [1.54, 1.807) is 24.3 Å². The smallest absolute Gasteiger partial charge is 0.232 e. The van der Waals surface area contributed by atoms with Gasteiger partial charge in [0.2, 0.25) is 10.0 Å². The fourth-order valence-electron chi connectivity index (χ4n) is 1.44. The first-order valence-electron chi connectivity index (χ1n) is 6.00. The molecule has 0 bridgehead atoms. The third kappa shape index (κ3) is 6.23. The van der Waals surface area contributed by atoms with Crippen molar-refractivity contribution >= 4 is 27.3 Å². The monoisotopic (exact) mass is 290 g/mol. The Morgan fingerprint density at radius 3 is 2.44 bits per heavy atom. The van der Waals surface area contributed by atoms with E-state index in [9.17, 15) is 8.42 Å². The van der Waals surface area contributed by atoms with Crippen LogP contribution in [0.4, 0.5) is 5.69 Å². The van der Waals surface area contributed by atoms with Gasteiger partial charge in [0.15, 0.2) is 0 Å². The van der Waals surface area contributed by atoms with Gasteiger partial charge >= 0.3 is 0 Å². The molecule has 0 atom stereocenters. The van der Waals surface area contributed by atoms with Gasteiger partial charge in [-0.25, -0.2) is 8.42 Å². The highest BCUT2D eigenvalue weighted by molar-refractivity contribution is 7.92. The van der Waals surface area contributed by atoms with Crippen LogP contribution in [0, 0.1) is 0 Å². The molecule has 1 rings (SSSR count). The molecule has 0 unspecified atom stereocenters. The van der Waals surface area contributed by atoms with Gasteiger partial charge in [0.25, 0.3) is 0 Å². The standard InChI is InChI=1S/C12H19ClN2O2S/c1-2-8-14-9-3-10-18(16,17)15-12-6-4-11(13)5-7-12/h4-7,14-15H,2-3,8-10H2,1H3. The maximum absolute atomic E-state index is 11.7. The summed E-state index contributed by atoms with van der Waals surface area (Å²) in [4.78, 5) is 0. The number of nitrogens with one attached hydrogen (secondary N) is 2. The van der Waals surface area contributed by atoms with Crippen LogP contribution < -0.4 is 10.0 Å². The normalized spacial score (nSPS) is 11.4. The summed E-state index contributed by atoms with van der Waals surface area (Å²) in [6.07, 6.45) is 1.65. The molecule has 2 N–H and O–H groups in total. The van der Waals surface area contributed by atoms with Gasteiger partial charge in [0.1, 0.15) is 0 Å². The van der Waals surface area contributed by atoms with Gasteiger partial charge in [-0.3, -0.25) is 4.72 Å². The molecule has 1 aromatic rings. The Bertz CT molecular complexity index is 446. The van der Waals surface area contributed by atoms with E-state index in [0.29, 0.717) is 17.1 Å². The molecule has 0 radical (unpaired) electrons. The fourth-order valence-corrected chi connectivity index (χ4v) is 2.69. The average Bonchev–Trinajstić information content (AvgIpc) is 2.31. The Hall–Kier alpha value is -0.780. The number of sulfonamides is 1. The zero-order valence-electron chi connectivity index (χ0n) is 10.4. The highest BCUT2D eigenvalue weighted by atomic mass is 35.5. The second kappa shape index (κ2) is 7.61. The van der Waals surface area contributed by atoms with E-state index in [0.717, 1.165) is 19.5 Å². The molecule has 6 heteroatoms. The lowest BCUT2D eigenvalue weighted by Crippen LogP contribution is -2.22. The van der Waals surface area contributed by atoms with Crippen molar-refractivity contribution in [2.24, 2.45) is 0 Å². The van der Waals surface area contributed by atoms with Crippen LogP contribution in [0.25, 0.3) is 0 Å². The van der Waals surface area contributed by atoms with Gasteiger partial charge in [0.05, 0.1) is 5.75 Å². The van der Waals surface area contributed by atoms with Crippen LogP contribution in [0.15, 0.2) is 24.3 Å². The van der Waals surface area contributed by atoms with E-state index in [1.165, 1.54) is 0 Å². The minimum absolute atomic E-state index is 0.117. The molecule has 18 heavy (non-hydrogen) atoms. The molecule has 0 heterocycles. The third-order valence-electron chi connectivity index (χ3n) is 2.31. The zero-order valence-corrected chi connectivity index (χ0v) is 12.0. The summed E-state index contributed by atoms with van der Waals surface area (Å²) < 4.78 is 26.0. The second-order valence-corrected chi connectivity index (χ2v) is 6.31. The van der Waals surface area contributed by atoms with Gasteiger partial charge in [0, 0.05) is 10.7 Å². The molecule has 0 aliphatic heterocycles. The molecule has 0 aliphatic carbocycles. The predicted octanol–water partition coefficient (Wildman–Crippen LogP) is 2.47. The summed E-state index contributed by atoms with van der Waals surface area (Å²) >= 11 is 5.73. The summed E-state index contributed by atoms with van der Waals surface area (Å²) in [6.45, 7) is 3.71. The molecule has 0 saturated heterocycles. The molecule has 0 amide bonds. The van der Waals surface area contributed by atoms with Crippen LogP contribution in [-0.4, -0.2) is 27.3 Å². The number of anilines is 1. The number of rotatable bonds is 8. The van der Waals surface area contributed by atoms with Gasteiger partial charge in [-0.1, -0.05) is 18.5 Å². The Kier molecular flexibility index (Phi) is 6.46. The van der Waals surface area contributed by atoms with Gasteiger partial charge in [-0.05, 0) is 50.2 Å². The maximum Gasteiger partial charge on any atom is 0.232 e. The summed E-state index contributed by atoms with van der Waals surface area (Å²) in [5.41, 5.74) is 0.543. The van der Waals surface area contributed by atoms with Crippen molar-refractivity contribution in [1.82, 2.24) is 5.32 Å². The highest BCUT2D eigenvalue weighted by Crippen LogP contribution is 2.14. The Labute approximate surface area is 114 Å². The first-order valence-corrected chi connectivity index (χ1v) is 8.03. The van der Waals surface area contributed by atoms with E-state index in [1.807, 2.05) is 0 Å². The number of halogens is 1. The van der Waals surface area contributed by atoms with Crippen LogP contribution in [0.2, 0.25) is 5.02 Å². The quantitative estimate of drug-likeness (QED) is 0.723. The highest BCUT2D eigenvalue weighted by Gasteiger charge is 2.09. The summed E-state index contributed by atoms with van der Waals surface area (Å²) in [6, 6.07) is 6.61. The molecule has 1 aromatic carbocycles. The van der Waals surface area contributed by atoms with Crippen molar-refractivity contribution in [3.05, 3.63) is 29.3 Å². The zero-order chi connectivity index (χ0) is 13.4. The average molecular weight is 291 g/mol. The number of hydrogen-bond acceptors (Lipinski definition) is 3. The Balaban J connectivity index is 2.37. The Morgan fingerprint density at radius 1 is 1.17 bits per heavy atom. The van der Waals surface area contributed by atoms with E-state index in [4.69, 9.17) is 11.6 Å². The molecule has 102 valence electrons. The van der Waals surface area contributed by atoms with Gasteiger partial charge in [-0.15, -0.1) is 0 Å². The molecule has 0 fully saturated rings. The molecule has 4 nitrogen and oxygen atoms in total. The molecule has 0 spiro atoms. The van der Waals surface area contributed by atoms with Crippen LogP contribution in [0.5, 0.6) is 0 Å². The molecular weight excluding hydrogens is 272 g/mol. The van der Waals surface area contributed by atoms with Crippen LogP contribution in [0.1, 0.15) is 19.8 Å². The van der Waals surface area contributed by atoms with Gasteiger partial charge < -0.3 is 5.32 Å². The van der Waals surface area contributed by atoms with Crippen molar-refractivity contribution in [3.63, 3.8) is 0 Å². The van der Waals surface area contributed by atoms with Crippen molar-refractivity contribution < 1.29 is 8.42 Å². The number of benzene rings is 1. The molecule has 0 aliphatic rings. The van der Waals surface area contributed by atoms with Crippen molar-refractivity contribution in [3.8, 4) is 0 Å². The Morgan fingerprint density at radius 2 is 1.83 bits per heavy atom. The van der Waals surface area contributed by atoms with Crippen LogP contribution in [0.3, 0.4) is 0 Å². The molecule has 0 saturated carbocycles. The first-order chi connectivity index (χ1) is 8.53. The minimum atomic E-state index is -3.27. The molecular formula is C12H19ClN2O2S. The minimum Gasteiger partial charge on any atom is -0.317 e. The van der Waals surface area contributed by atoms with Crippen molar-refractivity contribution in [2.45, 2.75) is 19.8 Å². The maximum atomic E-state index is 11.7. The lowest BCUT2D eigenvalue weighted by molar-refractivity contribution is 0.593. The van der Waals surface area contributed by atoms with E-state index < -0.39 is 10.0 Å². The van der Waals surface area contributed by atoms with Crippen LogP contribution in [-0.2, 0) is 10.0 Å². The lowest BCUT2D eigenvalue weighted by Gasteiger charge is -2.08. The van der Waals surface area contributed by atoms with Crippen LogP contribution >= 0.6 is 11.6 Å². The van der Waals surface area contributed by atoms with E-state index in [-0.39, 0.29) is 5.75 Å². The first kappa shape index (κ1) is 15.3. The van der Waals surface area contributed by atoms with Gasteiger partial charge in [-0.2, -0.15) is 0 Å². The van der Waals surface area contributed by atoms with E-state index >= 15 is 0 Å². The largest absolute Gasteiger partial charge is 0.317 e. The SMILES string of the molecule is CCCNCCCS(=O)(=O)Nc1ccc(Cl)cc1. The third-order valence-corrected chi connectivity index (χ3v) is 3.94.